The van der Waals surface area contributed by atoms with Crippen molar-refractivity contribution >= 4 is 45.2 Å². The van der Waals surface area contributed by atoms with Gasteiger partial charge in [-0.25, -0.2) is 14.8 Å². The summed E-state index contributed by atoms with van der Waals surface area (Å²) in [6, 6.07) is 19.1. The molecule has 0 aliphatic heterocycles. The van der Waals surface area contributed by atoms with Gasteiger partial charge in [-0.3, -0.25) is 0 Å². The first-order valence-corrected chi connectivity index (χ1v) is 9.58. The molecule has 0 amide bonds. The fourth-order valence-electron chi connectivity index (χ4n) is 2.87. The predicted molar refractivity (Wildman–Crippen MR) is 110 cm³/mol. The predicted octanol–water partition coefficient (Wildman–Crippen LogP) is 4.35. The number of rotatable bonds is 5. The number of imidazole rings is 1. The van der Waals surface area contributed by atoms with Gasteiger partial charge in [-0.15, -0.1) is 0 Å². The van der Waals surface area contributed by atoms with Gasteiger partial charge in [-0.2, -0.15) is 0 Å². The number of hydrogen-bond donors (Lipinski definition) is 2. The zero-order chi connectivity index (χ0) is 19.5. The first-order valence-electron chi connectivity index (χ1n) is 8.60. The number of aromatic amines is 1. The molecular weight excluding hydrogens is 374 g/mol. The van der Waals surface area contributed by atoms with Crippen molar-refractivity contribution in [3.63, 3.8) is 0 Å². The topological polar surface area (TPSA) is 88.1 Å². The number of thioether (sulfide) groups is 1. The standard InChI is InChI=1S/C21H17N3O3S/c1-27-21(26)19(20-23-15-8-4-5-9-16(15)24-20)17(25)12-28-18-11-10-13-6-2-3-7-14(13)22-18/h2-11,25H,12H2,1H3,(H,23,24). The van der Waals surface area contributed by atoms with Crippen LogP contribution in [0.15, 0.2) is 71.4 Å². The van der Waals surface area contributed by atoms with Crippen molar-refractivity contribution in [1.29, 1.82) is 0 Å². The summed E-state index contributed by atoms with van der Waals surface area (Å²) in [4.78, 5) is 24.3. The molecule has 0 radical (unpaired) electrons. The molecule has 4 aromatic rings. The maximum absolute atomic E-state index is 12.3. The highest BCUT2D eigenvalue weighted by atomic mass is 32.2. The quantitative estimate of drug-likeness (QED) is 0.228. The van der Waals surface area contributed by atoms with Gasteiger partial charge >= 0.3 is 5.97 Å². The highest BCUT2D eigenvalue weighted by molar-refractivity contribution is 7.99. The van der Waals surface area contributed by atoms with E-state index in [2.05, 4.69) is 15.0 Å². The summed E-state index contributed by atoms with van der Waals surface area (Å²) in [7, 11) is 1.27. The molecular formula is C21H17N3O3S. The van der Waals surface area contributed by atoms with E-state index in [1.807, 2.05) is 60.7 Å². The molecule has 0 aliphatic carbocycles. The van der Waals surface area contributed by atoms with Crippen LogP contribution in [-0.4, -0.2) is 38.9 Å². The largest absolute Gasteiger partial charge is 0.510 e. The number of fused-ring (bicyclic) bond motifs is 2. The molecule has 140 valence electrons. The minimum atomic E-state index is -0.649. The lowest BCUT2D eigenvalue weighted by Gasteiger charge is -2.07. The number of pyridine rings is 1. The molecule has 0 bridgehead atoms. The Balaban J connectivity index is 1.64. The van der Waals surface area contributed by atoms with Crippen molar-refractivity contribution in [2.75, 3.05) is 12.9 Å². The van der Waals surface area contributed by atoms with E-state index in [1.54, 1.807) is 0 Å². The average Bonchev–Trinajstić information content (AvgIpc) is 3.15. The van der Waals surface area contributed by atoms with Gasteiger partial charge in [0, 0.05) is 5.39 Å². The van der Waals surface area contributed by atoms with Crippen LogP contribution in [0.2, 0.25) is 0 Å². The molecule has 6 nitrogen and oxygen atoms in total. The maximum Gasteiger partial charge on any atom is 0.345 e. The molecule has 2 aromatic carbocycles. The number of methoxy groups -OCH3 is 1. The number of benzene rings is 2. The lowest BCUT2D eigenvalue weighted by Crippen LogP contribution is -2.09. The molecule has 0 atom stereocenters. The number of hydrogen-bond acceptors (Lipinski definition) is 6. The molecule has 0 saturated heterocycles. The molecule has 7 heteroatoms. The Morgan fingerprint density at radius 3 is 2.57 bits per heavy atom. The van der Waals surface area contributed by atoms with Gasteiger partial charge < -0.3 is 14.8 Å². The molecule has 0 saturated carbocycles. The van der Waals surface area contributed by atoms with Crippen LogP contribution in [0.25, 0.3) is 27.5 Å². The smallest absolute Gasteiger partial charge is 0.345 e. The Hall–Kier alpha value is -3.32. The number of nitrogens with zero attached hydrogens (tertiary/aromatic N) is 2. The van der Waals surface area contributed by atoms with E-state index < -0.39 is 5.97 Å². The lowest BCUT2D eigenvalue weighted by atomic mass is 10.2. The normalized spacial score (nSPS) is 12.2. The number of carbonyl (C=O) groups is 1. The second kappa shape index (κ2) is 7.74. The van der Waals surface area contributed by atoms with Crippen LogP contribution in [0.4, 0.5) is 0 Å². The van der Waals surface area contributed by atoms with Gasteiger partial charge in [0.1, 0.15) is 17.2 Å². The highest BCUT2D eigenvalue weighted by Gasteiger charge is 2.22. The zero-order valence-electron chi connectivity index (χ0n) is 15.0. The highest BCUT2D eigenvalue weighted by Crippen LogP contribution is 2.26. The van der Waals surface area contributed by atoms with Crippen molar-refractivity contribution in [2.45, 2.75) is 5.03 Å². The molecule has 0 aliphatic rings. The van der Waals surface area contributed by atoms with E-state index in [0.29, 0.717) is 5.52 Å². The third kappa shape index (κ3) is 3.57. The van der Waals surface area contributed by atoms with Gasteiger partial charge in [0.15, 0.2) is 0 Å². The molecule has 2 aromatic heterocycles. The fraction of sp³-hybridized carbons (Fsp3) is 0.0952. The fourth-order valence-corrected chi connectivity index (χ4v) is 3.62. The molecule has 0 unspecified atom stereocenters. The SMILES string of the molecule is COC(=O)C(=C(O)CSc1ccc2ccccc2n1)c1nc2ccccc2[nH]1. The van der Waals surface area contributed by atoms with Crippen LogP contribution in [0.1, 0.15) is 5.82 Å². The maximum atomic E-state index is 12.3. The summed E-state index contributed by atoms with van der Waals surface area (Å²) in [5.41, 5.74) is 2.37. The molecule has 2 heterocycles. The van der Waals surface area contributed by atoms with Crippen LogP contribution in [0, 0.1) is 0 Å². The van der Waals surface area contributed by atoms with Gasteiger partial charge in [0.05, 0.1) is 34.4 Å². The van der Waals surface area contributed by atoms with Crippen LogP contribution in [0.3, 0.4) is 0 Å². The van der Waals surface area contributed by atoms with E-state index >= 15 is 0 Å². The number of nitrogens with one attached hydrogen (secondary N) is 1. The Bertz CT molecular complexity index is 1170. The van der Waals surface area contributed by atoms with Crippen molar-refractivity contribution in [2.24, 2.45) is 0 Å². The second-order valence-electron chi connectivity index (χ2n) is 6.05. The molecule has 4 rings (SSSR count). The summed E-state index contributed by atoms with van der Waals surface area (Å²) >= 11 is 1.33. The van der Waals surface area contributed by atoms with E-state index in [4.69, 9.17) is 4.74 Å². The van der Waals surface area contributed by atoms with Crippen LogP contribution in [-0.2, 0) is 9.53 Å². The Morgan fingerprint density at radius 1 is 1.04 bits per heavy atom. The minimum Gasteiger partial charge on any atom is -0.510 e. The van der Waals surface area contributed by atoms with Gasteiger partial charge in [-0.1, -0.05) is 48.2 Å². The summed E-state index contributed by atoms with van der Waals surface area (Å²) in [5.74, 6) is -0.334. The summed E-state index contributed by atoms with van der Waals surface area (Å²) in [6.07, 6.45) is 0. The summed E-state index contributed by atoms with van der Waals surface area (Å²) in [5, 5.41) is 12.4. The van der Waals surface area contributed by atoms with Gasteiger partial charge in [0.2, 0.25) is 0 Å². The molecule has 28 heavy (non-hydrogen) atoms. The number of aromatic nitrogens is 3. The molecule has 0 spiro atoms. The van der Waals surface area contributed by atoms with E-state index in [1.165, 1.54) is 18.9 Å². The van der Waals surface area contributed by atoms with Crippen LogP contribution in [0.5, 0.6) is 0 Å². The number of aliphatic hydroxyl groups is 1. The number of ether oxygens (including phenoxy) is 1. The average molecular weight is 391 g/mol. The lowest BCUT2D eigenvalue weighted by molar-refractivity contribution is -0.133. The number of para-hydroxylation sites is 3. The summed E-state index contributed by atoms with van der Waals surface area (Å²) in [6.45, 7) is 0. The van der Waals surface area contributed by atoms with Gasteiger partial charge in [0.25, 0.3) is 0 Å². The second-order valence-corrected chi connectivity index (χ2v) is 7.04. The van der Waals surface area contributed by atoms with Crippen molar-refractivity contribution in [3.05, 3.63) is 72.2 Å². The number of carbonyl (C=O) groups excluding carboxylic acids is 1. The number of esters is 1. The first kappa shape index (κ1) is 18.1. The molecule has 0 fully saturated rings. The van der Waals surface area contributed by atoms with Crippen LogP contribution < -0.4 is 0 Å². The van der Waals surface area contributed by atoms with Crippen LogP contribution >= 0.6 is 11.8 Å². The van der Waals surface area contributed by atoms with Crippen molar-refractivity contribution < 1.29 is 14.6 Å². The Morgan fingerprint density at radius 2 is 1.79 bits per heavy atom. The summed E-state index contributed by atoms with van der Waals surface area (Å²) < 4.78 is 4.85. The minimum absolute atomic E-state index is 0.0204. The number of H-pyrrole nitrogens is 1. The monoisotopic (exact) mass is 391 g/mol. The van der Waals surface area contributed by atoms with Gasteiger partial charge in [-0.05, 0) is 24.3 Å². The van der Waals surface area contributed by atoms with Crippen molar-refractivity contribution in [1.82, 2.24) is 15.0 Å². The number of aliphatic hydroxyl groups excluding tert-OH is 1. The van der Waals surface area contributed by atoms with E-state index in [9.17, 15) is 9.90 Å². The van der Waals surface area contributed by atoms with E-state index in [-0.39, 0.29) is 22.9 Å². The van der Waals surface area contributed by atoms with Crippen molar-refractivity contribution in [3.8, 4) is 0 Å². The Kier molecular flexibility index (Phi) is 4.99. The zero-order valence-corrected chi connectivity index (χ0v) is 15.9. The third-order valence-corrected chi connectivity index (χ3v) is 5.17. The molecule has 2 N–H and O–H groups in total. The Labute approximate surface area is 165 Å². The third-order valence-electron chi connectivity index (χ3n) is 4.23. The first-order chi connectivity index (χ1) is 13.7. The van der Waals surface area contributed by atoms with E-state index in [0.717, 1.165) is 21.4 Å².